The van der Waals surface area contributed by atoms with Crippen LogP contribution in [0.25, 0.3) is 0 Å². The van der Waals surface area contributed by atoms with E-state index in [1.165, 1.54) is 0 Å². The van der Waals surface area contributed by atoms with Crippen molar-refractivity contribution in [2.45, 2.75) is 0 Å². The molecule has 0 aromatic rings. The Bertz CT molecular complexity index is 14.8. The monoisotopic (exact) mass is 208 g/mol. The molecule has 0 saturated carbocycles. The molecule has 5 nitrogen and oxygen atoms in total. The van der Waals surface area contributed by atoms with Crippen molar-refractivity contribution in [3.05, 3.63) is 0 Å². The van der Waals surface area contributed by atoms with E-state index in [0.29, 0.717) is 0 Å². The van der Waals surface area contributed by atoms with E-state index in [2.05, 4.69) is 0 Å². The third kappa shape index (κ3) is 2880. The van der Waals surface area contributed by atoms with Crippen LogP contribution in [0.15, 0.2) is 0 Å². The van der Waals surface area contributed by atoms with Gasteiger partial charge in [-0.3, -0.25) is 0 Å². The third-order valence-electron chi connectivity index (χ3n) is 0. The molecule has 0 heterocycles. The van der Waals surface area contributed by atoms with Gasteiger partial charge in [0.15, 0.2) is 0 Å². The quantitative estimate of drug-likeness (QED) is 0.297. The minimum Gasteiger partial charge on any atom is -0.400 e. The summed E-state index contributed by atoms with van der Waals surface area (Å²) in [7, 11) is 5.00. The zero-order valence-corrected chi connectivity index (χ0v) is 9.30. The molecule has 0 radical (unpaired) electrons. The molecule has 0 aromatic heterocycles. The first-order valence-corrected chi connectivity index (χ1v) is 2.24. The molecule has 0 spiro atoms. The summed E-state index contributed by atoms with van der Waals surface area (Å²) in [5, 5.41) is 35.0. The summed E-state index contributed by atoms with van der Waals surface area (Å²) < 4.78 is 0. The van der Waals surface area contributed by atoms with E-state index >= 15 is 0 Å². The van der Waals surface area contributed by atoms with Gasteiger partial charge in [0.05, 0.1) is 0 Å². The zero-order valence-electron chi connectivity index (χ0n) is 7.74. The van der Waals surface area contributed by atoms with Gasteiger partial charge in [-0.25, -0.2) is 0 Å². The topological polar surface area (TPSA) is 101 Å². The van der Waals surface area contributed by atoms with Crippen molar-refractivity contribution >= 4 is 0 Å². The molecule has 0 aliphatic heterocycles. The average molecular weight is 208 g/mol. The van der Waals surface area contributed by atoms with E-state index in [0.717, 1.165) is 35.5 Å². The van der Waals surface area contributed by atoms with Crippen molar-refractivity contribution in [1.29, 1.82) is 0 Å². The Kier molecular flexibility index (Phi) is 13700. The number of hydrogen-bond acceptors (Lipinski definition) is 5. The Morgan fingerprint density at radius 3 is 0.364 bits per heavy atom. The minimum absolute atomic E-state index is 0. The maximum Gasteiger partial charge on any atom is 0.0319 e. The summed E-state index contributed by atoms with van der Waals surface area (Å²) in [6.07, 6.45) is 0. The fourth-order valence-corrected chi connectivity index (χ4v) is 0. The normalized spacial score (nSPS) is 2.73. The SMILES string of the molecule is CO.CO.CO.CO.CO.[Ti]. The third-order valence-corrected chi connectivity index (χ3v) is 0. The van der Waals surface area contributed by atoms with Crippen LogP contribution in [0.1, 0.15) is 0 Å². The summed E-state index contributed by atoms with van der Waals surface area (Å²) in [6.45, 7) is 0. The predicted octanol–water partition coefficient (Wildman–Crippen LogP) is -1.96. The van der Waals surface area contributed by atoms with Crippen molar-refractivity contribution in [3.8, 4) is 0 Å². The average Bonchev–Trinajstić information content (AvgIpc) is 2.20. The van der Waals surface area contributed by atoms with E-state index in [1.807, 2.05) is 0 Å². The van der Waals surface area contributed by atoms with Crippen LogP contribution in [0, 0.1) is 0 Å². The maximum atomic E-state index is 7.00. The Balaban J connectivity index is -0.00000000694. The van der Waals surface area contributed by atoms with Crippen LogP contribution < -0.4 is 0 Å². The van der Waals surface area contributed by atoms with Crippen LogP contribution in [-0.2, 0) is 21.7 Å². The first kappa shape index (κ1) is 41.9. The molecule has 0 bridgehead atoms. The van der Waals surface area contributed by atoms with Gasteiger partial charge in [-0.15, -0.1) is 0 Å². The fraction of sp³-hybridized carbons (Fsp3) is 1.00. The van der Waals surface area contributed by atoms with E-state index in [1.54, 1.807) is 0 Å². The first-order chi connectivity index (χ1) is 5.00. The van der Waals surface area contributed by atoms with Crippen molar-refractivity contribution < 1.29 is 47.3 Å². The fourth-order valence-electron chi connectivity index (χ4n) is 0. The number of hydrogen-bond donors (Lipinski definition) is 5. The van der Waals surface area contributed by atoms with Gasteiger partial charge < -0.3 is 25.5 Å². The molecular formula is C5H20O5Ti. The van der Waals surface area contributed by atoms with Crippen LogP contribution in [-0.4, -0.2) is 61.1 Å². The molecule has 0 aliphatic carbocycles. The van der Waals surface area contributed by atoms with Crippen LogP contribution in [0.3, 0.4) is 0 Å². The molecule has 6 heteroatoms. The summed E-state index contributed by atoms with van der Waals surface area (Å²) in [5.74, 6) is 0. The van der Waals surface area contributed by atoms with Gasteiger partial charge in [0.25, 0.3) is 0 Å². The van der Waals surface area contributed by atoms with Gasteiger partial charge in [0.1, 0.15) is 0 Å². The molecule has 0 amide bonds. The number of aliphatic hydroxyl groups is 5. The smallest absolute Gasteiger partial charge is 0.0319 e. The Morgan fingerprint density at radius 2 is 0.364 bits per heavy atom. The summed E-state index contributed by atoms with van der Waals surface area (Å²) in [6, 6.07) is 0. The van der Waals surface area contributed by atoms with Gasteiger partial charge in [-0.1, -0.05) is 0 Å². The number of aliphatic hydroxyl groups excluding tert-OH is 5. The van der Waals surface area contributed by atoms with Crippen molar-refractivity contribution in [2.24, 2.45) is 0 Å². The molecule has 0 saturated heterocycles. The molecule has 0 rings (SSSR count). The van der Waals surface area contributed by atoms with Crippen LogP contribution in [0.2, 0.25) is 0 Å². The van der Waals surface area contributed by atoms with Crippen LogP contribution in [0.4, 0.5) is 0 Å². The molecule has 0 aromatic carbocycles. The molecule has 0 atom stereocenters. The van der Waals surface area contributed by atoms with Crippen molar-refractivity contribution in [2.75, 3.05) is 35.5 Å². The predicted molar refractivity (Wildman–Crippen MR) is 40.7 cm³/mol. The zero-order chi connectivity index (χ0) is 10.0. The van der Waals surface area contributed by atoms with Gasteiger partial charge in [0.2, 0.25) is 0 Å². The van der Waals surface area contributed by atoms with E-state index in [4.69, 9.17) is 25.5 Å². The van der Waals surface area contributed by atoms with Gasteiger partial charge >= 0.3 is 0 Å². The maximum absolute atomic E-state index is 7.00. The Morgan fingerprint density at radius 1 is 0.364 bits per heavy atom. The van der Waals surface area contributed by atoms with Crippen molar-refractivity contribution in [3.63, 3.8) is 0 Å². The van der Waals surface area contributed by atoms with E-state index < -0.39 is 0 Å². The second-order valence-electron chi connectivity index (χ2n) is 0. The number of rotatable bonds is 0. The second kappa shape index (κ2) is 3600. The molecule has 74 valence electrons. The van der Waals surface area contributed by atoms with Crippen LogP contribution >= 0.6 is 0 Å². The summed E-state index contributed by atoms with van der Waals surface area (Å²) in [4.78, 5) is 0. The summed E-state index contributed by atoms with van der Waals surface area (Å²) in [5.41, 5.74) is 0. The second-order valence-corrected chi connectivity index (χ2v) is 0. The molecule has 0 unspecified atom stereocenters. The summed E-state index contributed by atoms with van der Waals surface area (Å²) >= 11 is 0. The van der Waals surface area contributed by atoms with E-state index in [-0.39, 0.29) is 21.7 Å². The largest absolute Gasteiger partial charge is 0.400 e. The Hall–Kier alpha value is 0.514. The minimum atomic E-state index is 0. The molecule has 0 fully saturated rings. The molecular weight excluding hydrogens is 188 g/mol. The van der Waals surface area contributed by atoms with Gasteiger partial charge in [-0.2, -0.15) is 0 Å². The Labute approximate surface area is 83.2 Å². The standard InChI is InChI=1S/5CH4O.Ti/c5*1-2;/h5*2H,1H3;. The first-order valence-electron chi connectivity index (χ1n) is 2.24. The molecule has 5 N–H and O–H groups in total. The van der Waals surface area contributed by atoms with Gasteiger partial charge in [0, 0.05) is 57.3 Å². The van der Waals surface area contributed by atoms with Crippen LogP contribution in [0.5, 0.6) is 0 Å². The molecule has 11 heavy (non-hydrogen) atoms. The van der Waals surface area contributed by atoms with Crippen molar-refractivity contribution in [1.82, 2.24) is 0 Å². The van der Waals surface area contributed by atoms with E-state index in [9.17, 15) is 0 Å². The molecule has 0 aliphatic rings. The van der Waals surface area contributed by atoms with Gasteiger partial charge in [-0.05, 0) is 0 Å².